The number of carbonyl (C=O) groups is 1. The first-order valence-corrected chi connectivity index (χ1v) is 9.73. The monoisotopic (exact) mass is 376 g/mol. The Kier molecular flexibility index (Phi) is 6.46. The number of fused-ring (bicyclic) bond motifs is 1. The molecule has 1 amide bonds. The first-order chi connectivity index (χ1) is 12.6. The number of nitrogens with one attached hydrogen (secondary N) is 1. The molecular weight excluding hydrogens is 352 g/mol. The van der Waals surface area contributed by atoms with Crippen LogP contribution in [-0.4, -0.2) is 49.9 Å². The van der Waals surface area contributed by atoms with Crippen LogP contribution in [0.15, 0.2) is 40.8 Å². The fourth-order valence-electron chi connectivity index (χ4n) is 2.58. The summed E-state index contributed by atoms with van der Waals surface area (Å²) in [7, 11) is 4.03. The number of benzene rings is 1. The van der Waals surface area contributed by atoms with Gasteiger partial charge in [-0.3, -0.25) is 4.79 Å². The zero-order valence-corrected chi connectivity index (χ0v) is 15.9. The van der Waals surface area contributed by atoms with Crippen molar-refractivity contribution in [1.82, 2.24) is 10.2 Å². The Hall–Kier alpha value is -2.12. The maximum Gasteiger partial charge on any atom is 0.264 e. The molecule has 6 nitrogen and oxygen atoms in total. The molecule has 1 aliphatic heterocycles. The lowest BCUT2D eigenvalue weighted by Gasteiger charge is -2.25. The summed E-state index contributed by atoms with van der Waals surface area (Å²) in [5.74, 6) is 4.66. The molecule has 0 radical (unpaired) electrons. The van der Waals surface area contributed by atoms with E-state index in [-0.39, 0.29) is 12.5 Å². The quantitative estimate of drug-likeness (QED) is 0.715. The van der Waals surface area contributed by atoms with Crippen molar-refractivity contribution in [1.29, 1.82) is 0 Å². The maximum absolute atomic E-state index is 12.2. The zero-order valence-electron chi connectivity index (χ0n) is 15.1. The average molecular weight is 376 g/mol. The van der Waals surface area contributed by atoms with Crippen molar-refractivity contribution in [3.8, 4) is 11.5 Å². The van der Waals surface area contributed by atoms with Gasteiger partial charge >= 0.3 is 0 Å². The van der Waals surface area contributed by atoms with Crippen LogP contribution in [0.3, 0.4) is 0 Å². The number of para-hydroxylation sites is 2. The Morgan fingerprint density at radius 1 is 1.19 bits per heavy atom. The summed E-state index contributed by atoms with van der Waals surface area (Å²) in [6.07, 6.45) is -0.603. The molecule has 0 aliphatic carbocycles. The minimum Gasteiger partial charge on any atom is -0.485 e. The summed E-state index contributed by atoms with van der Waals surface area (Å²) in [5.41, 5.74) is 0. The van der Waals surface area contributed by atoms with E-state index >= 15 is 0 Å². The second-order valence-corrected chi connectivity index (χ2v) is 7.42. The van der Waals surface area contributed by atoms with Crippen LogP contribution in [0.1, 0.15) is 11.5 Å². The second-order valence-electron chi connectivity index (χ2n) is 6.31. The molecule has 0 unspecified atom stereocenters. The van der Waals surface area contributed by atoms with Crippen molar-refractivity contribution in [2.75, 3.05) is 33.0 Å². The highest BCUT2D eigenvalue weighted by Gasteiger charge is 2.26. The van der Waals surface area contributed by atoms with Crippen LogP contribution < -0.4 is 14.8 Å². The number of hydrogen-bond donors (Lipinski definition) is 1. The molecule has 0 saturated carbocycles. The van der Waals surface area contributed by atoms with E-state index in [4.69, 9.17) is 13.9 Å². The van der Waals surface area contributed by atoms with Gasteiger partial charge in [-0.1, -0.05) is 12.1 Å². The minimum absolute atomic E-state index is 0.147. The third-order valence-electron chi connectivity index (χ3n) is 3.78. The third kappa shape index (κ3) is 5.19. The largest absolute Gasteiger partial charge is 0.485 e. The van der Waals surface area contributed by atoms with Gasteiger partial charge in [0.15, 0.2) is 11.5 Å². The van der Waals surface area contributed by atoms with Crippen molar-refractivity contribution in [2.24, 2.45) is 0 Å². The topological polar surface area (TPSA) is 63.9 Å². The molecular formula is C19H24N2O4S. The number of rotatable bonds is 8. The molecule has 1 aromatic carbocycles. The summed E-state index contributed by atoms with van der Waals surface area (Å²) in [4.78, 5) is 14.3. The molecule has 0 bridgehead atoms. The Bertz CT molecular complexity index is 732. The summed E-state index contributed by atoms with van der Waals surface area (Å²) in [6.45, 7) is 1.61. The van der Waals surface area contributed by atoms with E-state index in [0.29, 0.717) is 18.0 Å². The maximum atomic E-state index is 12.2. The molecule has 2 heterocycles. The van der Waals surface area contributed by atoms with Gasteiger partial charge in [0.25, 0.3) is 5.91 Å². The van der Waals surface area contributed by atoms with Gasteiger partial charge in [-0.15, -0.1) is 0 Å². The normalized spacial score (nSPS) is 15.9. The molecule has 1 atom stereocenters. The SMILES string of the molecule is CN(C)Cc1ccc(CSCCNC(=O)[C@H]2COc3ccccc3O2)o1. The van der Waals surface area contributed by atoms with Crippen LogP contribution in [0.2, 0.25) is 0 Å². The van der Waals surface area contributed by atoms with Crippen LogP contribution in [-0.2, 0) is 17.1 Å². The molecule has 2 aromatic rings. The number of hydrogen-bond acceptors (Lipinski definition) is 6. The number of thioether (sulfide) groups is 1. The molecule has 7 heteroatoms. The molecule has 1 aromatic heterocycles. The first-order valence-electron chi connectivity index (χ1n) is 8.58. The molecule has 3 rings (SSSR count). The van der Waals surface area contributed by atoms with Gasteiger partial charge in [-0.05, 0) is 38.4 Å². The lowest BCUT2D eigenvalue weighted by atomic mass is 10.2. The smallest absolute Gasteiger partial charge is 0.264 e. The van der Waals surface area contributed by atoms with E-state index in [2.05, 4.69) is 10.2 Å². The van der Waals surface area contributed by atoms with Crippen molar-refractivity contribution in [2.45, 2.75) is 18.4 Å². The van der Waals surface area contributed by atoms with Gasteiger partial charge < -0.3 is 24.1 Å². The van der Waals surface area contributed by atoms with Crippen molar-refractivity contribution < 1.29 is 18.7 Å². The highest BCUT2D eigenvalue weighted by molar-refractivity contribution is 7.98. The van der Waals surface area contributed by atoms with E-state index in [1.807, 2.05) is 44.4 Å². The van der Waals surface area contributed by atoms with E-state index in [9.17, 15) is 4.79 Å². The molecule has 1 N–H and O–H groups in total. The Balaban J connectivity index is 1.34. The van der Waals surface area contributed by atoms with Gasteiger partial charge in [0, 0.05) is 12.3 Å². The van der Waals surface area contributed by atoms with Crippen LogP contribution in [0.5, 0.6) is 11.5 Å². The molecule has 140 valence electrons. The van der Waals surface area contributed by atoms with E-state index in [0.717, 1.165) is 29.6 Å². The van der Waals surface area contributed by atoms with Crippen LogP contribution in [0.25, 0.3) is 0 Å². The summed E-state index contributed by atoms with van der Waals surface area (Å²) in [5, 5.41) is 2.90. The van der Waals surface area contributed by atoms with Gasteiger partial charge in [-0.2, -0.15) is 11.8 Å². The predicted octanol–water partition coefficient (Wildman–Crippen LogP) is 2.53. The number of furan rings is 1. The lowest BCUT2D eigenvalue weighted by molar-refractivity contribution is -0.130. The van der Waals surface area contributed by atoms with Crippen LogP contribution in [0, 0.1) is 0 Å². The Morgan fingerprint density at radius 3 is 2.77 bits per heavy atom. The van der Waals surface area contributed by atoms with Crippen molar-refractivity contribution in [3.63, 3.8) is 0 Å². The number of nitrogens with zero attached hydrogens (tertiary/aromatic N) is 1. The van der Waals surface area contributed by atoms with E-state index in [1.165, 1.54) is 0 Å². The van der Waals surface area contributed by atoms with E-state index < -0.39 is 6.10 Å². The molecule has 26 heavy (non-hydrogen) atoms. The summed E-state index contributed by atoms with van der Waals surface area (Å²) < 4.78 is 17.0. The molecule has 0 spiro atoms. The van der Waals surface area contributed by atoms with E-state index in [1.54, 1.807) is 17.8 Å². The number of amides is 1. The van der Waals surface area contributed by atoms with Gasteiger partial charge in [0.1, 0.15) is 18.1 Å². The second kappa shape index (κ2) is 9.00. The van der Waals surface area contributed by atoms with Crippen LogP contribution >= 0.6 is 11.8 Å². The number of ether oxygens (including phenoxy) is 2. The van der Waals surface area contributed by atoms with Gasteiger partial charge in [0.05, 0.1) is 12.3 Å². The fraction of sp³-hybridized carbons (Fsp3) is 0.421. The minimum atomic E-state index is -0.603. The third-order valence-corrected chi connectivity index (χ3v) is 4.76. The summed E-state index contributed by atoms with van der Waals surface area (Å²) in [6, 6.07) is 11.4. The highest BCUT2D eigenvalue weighted by Crippen LogP contribution is 2.30. The zero-order chi connectivity index (χ0) is 18.4. The number of carbonyl (C=O) groups excluding carboxylic acids is 1. The first kappa shape index (κ1) is 18.7. The summed E-state index contributed by atoms with van der Waals surface area (Å²) >= 11 is 1.72. The Labute approximate surface area is 157 Å². The molecule has 0 fully saturated rings. The van der Waals surface area contributed by atoms with Gasteiger partial charge in [-0.25, -0.2) is 0 Å². The van der Waals surface area contributed by atoms with Crippen LogP contribution in [0.4, 0.5) is 0 Å². The molecule has 0 saturated heterocycles. The van der Waals surface area contributed by atoms with Crippen molar-refractivity contribution >= 4 is 17.7 Å². The van der Waals surface area contributed by atoms with Crippen molar-refractivity contribution in [3.05, 3.63) is 47.9 Å². The highest BCUT2D eigenvalue weighted by atomic mass is 32.2. The fourth-order valence-corrected chi connectivity index (χ4v) is 3.33. The lowest BCUT2D eigenvalue weighted by Crippen LogP contribution is -2.44. The molecule has 1 aliphatic rings. The predicted molar refractivity (Wildman–Crippen MR) is 102 cm³/mol. The standard InChI is InChI=1S/C19H24N2O4S/c1-21(2)11-14-7-8-15(24-14)13-26-10-9-20-19(22)18-12-23-16-5-3-4-6-17(16)25-18/h3-8,18H,9-13H2,1-2H3,(H,20,22)/t18-/m1/s1. The Morgan fingerprint density at radius 2 is 1.96 bits per heavy atom. The average Bonchev–Trinajstić information content (AvgIpc) is 3.07. The van der Waals surface area contributed by atoms with Gasteiger partial charge in [0.2, 0.25) is 6.10 Å².